The Balaban J connectivity index is 1.57. The molecular weight excluding hydrogens is 397 g/mol. The minimum atomic E-state index is -4.35. The standard InChI is InChI=1S/C20H19F3N6O/c1-11(12-6-8-13(9-7-12)20(21,22)23)25-10-16-26-18-14-4-3-5-15(30-2)17(14)27-19(24)29(18)28-16/h3-9,11,25H,10H2,1-2H3,(H2,24,27)/t11-/m1/s1. The molecule has 0 spiro atoms. The number of halogens is 3. The minimum Gasteiger partial charge on any atom is -0.494 e. The summed E-state index contributed by atoms with van der Waals surface area (Å²) in [5.74, 6) is 1.24. The molecule has 0 radical (unpaired) electrons. The van der Waals surface area contributed by atoms with Gasteiger partial charge in [0.15, 0.2) is 11.5 Å². The number of benzene rings is 2. The summed E-state index contributed by atoms with van der Waals surface area (Å²) < 4.78 is 45.0. The van der Waals surface area contributed by atoms with E-state index in [9.17, 15) is 13.2 Å². The maximum absolute atomic E-state index is 12.7. The van der Waals surface area contributed by atoms with Gasteiger partial charge in [0.25, 0.3) is 0 Å². The van der Waals surface area contributed by atoms with E-state index in [4.69, 9.17) is 10.5 Å². The first-order valence-electron chi connectivity index (χ1n) is 9.16. The zero-order valence-corrected chi connectivity index (χ0v) is 16.2. The van der Waals surface area contributed by atoms with Crippen LogP contribution in [0.5, 0.6) is 5.75 Å². The number of rotatable bonds is 5. The van der Waals surface area contributed by atoms with Gasteiger partial charge in [0.2, 0.25) is 5.95 Å². The Morgan fingerprint density at radius 3 is 2.53 bits per heavy atom. The van der Waals surface area contributed by atoms with E-state index >= 15 is 0 Å². The maximum atomic E-state index is 12.7. The molecule has 2 aromatic heterocycles. The fourth-order valence-electron chi connectivity index (χ4n) is 3.23. The number of aromatic nitrogens is 4. The molecular formula is C20H19F3N6O. The fourth-order valence-corrected chi connectivity index (χ4v) is 3.23. The lowest BCUT2D eigenvalue weighted by Crippen LogP contribution is -2.19. The Bertz CT molecular complexity index is 1200. The number of fused-ring (bicyclic) bond motifs is 3. The van der Waals surface area contributed by atoms with Gasteiger partial charge in [-0.3, -0.25) is 0 Å². The molecule has 4 aromatic rings. The van der Waals surface area contributed by atoms with Crippen molar-refractivity contribution in [2.75, 3.05) is 12.8 Å². The van der Waals surface area contributed by atoms with E-state index in [-0.39, 0.29) is 12.0 Å². The third-order valence-electron chi connectivity index (χ3n) is 4.86. The lowest BCUT2D eigenvalue weighted by Gasteiger charge is -2.14. The SMILES string of the molecule is COc1cccc2c1nc(N)n1nc(CN[C@H](C)c3ccc(C(F)(F)F)cc3)nc21. The van der Waals surface area contributed by atoms with Gasteiger partial charge in [-0.2, -0.15) is 17.7 Å². The lowest BCUT2D eigenvalue weighted by molar-refractivity contribution is -0.137. The first kappa shape index (κ1) is 19.9. The highest BCUT2D eigenvalue weighted by atomic mass is 19.4. The van der Waals surface area contributed by atoms with Gasteiger partial charge in [0.05, 0.1) is 19.2 Å². The van der Waals surface area contributed by atoms with Crippen molar-refractivity contribution < 1.29 is 17.9 Å². The van der Waals surface area contributed by atoms with Crippen LogP contribution in [-0.4, -0.2) is 26.7 Å². The molecule has 1 atom stereocenters. The number of ether oxygens (including phenoxy) is 1. The Kier molecular flexibility index (Phi) is 4.94. The highest BCUT2D eigenvalue weighted by Crippen LogP contribution is 2.30. The van der Waals surface area contributed by atoms with Crippen LogP contribution in [0.15, 0.2) is 42.5 Å². The Morgan fingerprint density at radius 1 is 1.13 bits per heavy atom. The van der Waals surface area contributed by atoms with Crippen molar-refractivity contribution in [1.29, 1.82) is 0 Å². The predicted molar refractivity (Wildman–Crippen MR) is 106 cm³/mol. The van der Waals surface area contributed by atoms with E-state index in [0.717, 1.165) is 23.1 Å². The van der Waals surface area contributed by atoms with Gasteiger partial charge < -0.3 is 15.8 Å². The second kappa shape index (κ2) is 7.45. The van der Waals surface area contributed by atoms with Crippen molar-refractivity contribution in [3.8, 4) is 5.75 Å². The smallest absolute Gasteiger partial charge is 0.416 e. The van der Waals surface area contributed by atoms with Crippen molar-refractivity contribution in [1.82, 2.24) is 24.9 Å². The van der Waals surface area contributed by atoms with E-state index in [1.54, 1.807) is 13.2 Å². The average molecular weight is 416 g/mol. The summed E-state index contributed by atoms with van der Waals surface area (Å²) in [6.45, 7) is 2.16. The quantitative estimate of drug-likeness (QED) is 0.515. The molecule has 156 valence electrons. The number of nitrogens with two attached hydrogens (primary N) is 1. The third-order valence-corrected chi connectivity index (χ3v) is 4.86. The Morgan fingerprint density at radius 2 is 1.87 bits per heavy atom. The van der Waals surface area contributed by atoms with Gasteiger partial charge in [-0.15, -0.1) is 5.10 Å². The van der Waals surface area contributed by atoms with Gasteiger partial charge in [-0.05, 0) is 36.8 Å². The van der Waals surface area contributed by atoms with E-state index < -0.39 is 11.7 Å². The van der Waals surface area contributed by atoms with Gasteiger partial charge in [0.1, 0.15) is 11.3 Å². The number of methoxy groups -OCH3 is 1. The maximum Gasteiger partial charge on any atom is 0.416 e. The van der Waals surface area contributed by atoms with Crippen molar-refractivity contribution in [3.05, 3.63) is 59.4 Å². The van der Waals surface area contributed by atoms with Crippen molar-refractivity contribution in [2.45, 2.75) is 25.7 Å². The van der Waals surface area contributed by atoms with E-state index in [1.165, 1.54) is 16.6 Å². The number of hydrogen-bond donors (Lipinski definition) is 2. The molecule has 3 N–H and O–H groups in total. The monoisotopic (exact) mass is 416 g/mol. The zero-order chi connectivity index (χ0) is 21.5. The van der Waals surface area contributed by atoms with Crippen LogP contribution in [0.25, 0.3) is 16.6 Å². The summed E-state index contributed by atoms with van der Waals surface area (Å²) in [7, 11) is 1.55. The van der Waals surface area contributed by atoms with Gasteiger partial charge >= 0.3 is 6.18 Å². The second-order valence-electron chi connectivity index (χ2n) is 6.81. The van der Waals surface area contributed by atoms with Gasteiger partial charge in [-0.1, -0.05) is 18.2 Å². The first-order chi connectivity index (χ1) is 14.3. The Hall–Kier alpha value is -3.40. The summed E-state index contributed by atoms with van der Waals surface area (Å²) in [6, 6.07) is 10.3. The van der Waals surface area contributed by atoms with Crippen molar-refractivity contribution >= 4 is 22.5 Å². The molecule has 4 rings (SSSR count). The van der Waals surface area contributed by atoms with Crippen LogP contribution in [0.2, 0.25) is 0 Å². The van der Waals surface area contributed by atoms with E-state index in [0.29, 0.717) is 29.3 Å². The van der Waals surface area contributed by atoms with Gasteiger partial charge in [-0.25, -0.2) is 9.97 Å². The molecule has 0 saturated heterocycles. The summed E-state index contributed by atoms with van der Waals surface area (Å²) >= 11 is 0. The second-order valence-corrected chi connectivity index (χ2v) is 6.81. The zero-order valence-electron chi connectivity index (χ0n) is 16.2. The number of para-hydroxylation sites is 1. The normalized spacial score (nSPS) is 13.1. The highest BCUT2D eigenvalue weighted by molar-refractivity contribution is 5.95. The molecule has 0 saturated carbocycles. The van der Waals surface area contributed by atoms with Crippen LogP contribution in [0, 0.1) is 0 Å². The molecule has 0 amide bonds. The van der Waals surface area contributed by atoms with Crippen LogP contribution in [0.4, 0.5) is 19.1 Å². The summed E-state index contributed by atoms with van der Waals surface area (Å²) in [4.78, 5) is 8.91. The molecule has 0 aliphatic rings. The molecule has 2 heterocycles. The summed E-state index contributed by atoms with van der Waals surface area (Å²) in [5, 5.41) is 8.36. The minimum absolute atomic E-state index is 0.177. The number of anilines is 1. The lowest BCUT2D eigenvalue weighted by atomic mass is 10.1. The molecule has 30 heavy (non-hydrogen) atoms. The molecule has 10 heteroatoms. The van der Waals surface area contributed by atoms with Crippen molar-refractivity contribution in [2.24, 2.45) is 0 Å². The van der Waals surface area contributed by atoms with Gasteiger partial charge in [0, 0.05) is 11.4 Å². The molecule has 0 aliphatic carbocycles. The number of alkyl halides is 3. The fraction of sp³-hybridized carbons (Fsp3) is 0.250. The summed E-state index contributed by atoms with van der Waals surface area (Å²) in [5.41, 5.74) is 7.23. The van der Waals surface area contributed by atoms with Crippen LogP contribution < -0.4 is 15.8 Å². The third kappa shape index (κ3) is 3.61. The number of nitrogens with one attached hydrogen (secondary N) is 1. The van der Waals surface area contributed by atoms with Crippen molar-refractivity contribution in [3.63, 3.8) is 0 Å². The first-order valence-corrected chi connectivity index (χ1v) is 9.16. The predicted octanol–water partition coefficient (Wildman–Crippen LogP) is 3.74. The van der Waals surface area contributed by atoms with Crippen LogP contribution in [0.3, 0.4) is 0 Å². The Labute approximate surface area is 169 Å². The molecule has 0 bridgehead atoms. The number of nitrogen functional groups attached to an aromatic ring is 1. The molecule has 0 aliphatic heterocycles. The van der Waals surface area contributed by atoms with E-state index in [1.807, 2.05) is 19.1 Å². The van der Waals surface area contributed by atoms with E-state index in [2.05, 4.69) is 20.4 Å². The number of nitrogens with zero attached hydrogens (tertiary/aromatic N) is 4. The molecule has 2 aromatic carbocycles. The topological polar surface area (TPSA) is 90.4 Å². The molecule has 0 fully saturated rings. The molecule has 7 nitrogen and oxygen atoms in total. The largest absolute Gasteiger partial charge is 0.494 e. The van der Waals surface area contributed by atoms with Crippen LogP contribution >= 0.6 is 0 Å². The molecule has 0 unspecified atom stereocenters. The number of hydrogen-bond acceptors (Lipinski definition) is 6. The van der Waals surface area contributed by atoms with Crippen LogP contribution in [-0.2, 0) is 12.7 Å². The average Bonchev–Trinajstić information content (AvgIpc) is 3.16. The van der Waals surface area contributed by atoms with Crippen LogP contribution in [0.1, 0.15) is 29.9 Å². The summed E-state index contributed by atoms with van der Waals surface area (Å²) in [6.07, 6.45) is -4.35. The highest BCUT2D eigenvalue weighted by Gasteiger charge is 2.30.